The number of benzene rings is 2. The molecule has 0 heterocycles. The minimum atomic E-state index is -0.662. The Kier molecular flexibility index (Phi) is 5.14. The maximum Gasteiger partial charge on any atom is 0.295 e. The predicted molar refractivity (Wildman–Crippen MR) is 84.4 cm³/mol. The quantitative estimate of drug-likeness (QED) is 0.605. The lowest BCUT2D eigenvalue weighted by Gasteiger charge is -2.08. The second kappa shape index (κ2) is 6.87. The van der Waals surface area contributed by atoms with Crippen LogP contribution in [-0.2, 0) is 6.42 Å². The lowest BCUT2D eigenvalue weighted by Crippen LogP contribution is -2.07. The zero-order valence-electron chi connectivity index (χ0n) is 10.8. The van der Waals surface area contributed by atoms with Gasteiger partial charge < -0.3 is 5.32 Å². The number of rotatable bonds is 5. The average Bonchev–Trinajstić information content (AvgIpc) is 2.44. The Morgan fingerprint density at radius 1 is 1.29 bits per heavy atom. The van der Waals surface area contributed by atoms with Gasteiger partial charge >= 0.3 is 0 Å². The minimum absolute atomic E-state index is 0.182. The second-order valence-corrected chi connectivity index (χ2v) is 5.63. The first kappa shape index (κ1) is 15.7. The van der Waals surface area contributed by atoms with Crippen molar-refractivity contribution in [1.29, 1.82) is 0 Å². The van der Waals surface area contributed by atoms with Crippen LogP contribution in [0, 0.1) is 15.9 Å². The summed E-state index contributed by atoms with van der Waals surface area (Å²) in [5, 5.41) is 14.5. The molecule has 7 heteroatoms. The minimum Gasteiger partial charge on any atom is -0.379 e. The summed E-state index contributed by atoms with van der Waals surface area (Å²) in [7, 11) is 0. The lowest BCUT2D eigenvalue weighted by molar-refractivity contribution is -0.384. The SMILES string of the molecule is O=[N+]([O-])c1cc(F)c(Br)cc1NCCc1ccc(Cl)cc1. The first-order valence-electron chi connectivity index (χ1n) is 6.09. The molecule has 0 aliphatic carbocycles. The molecule has 0 amide bonds. The molecule has 0 aromatic heterocycles. The molecular weight excluding hydrogens is 363 g/mol. The molecule has 0 unspecified atom stereocenters. The van der Waals surface area contributed by atoms with Gasteiger partial charge in [0.05, 0.1) is 15.5 Å². The van der Waals surface area contributed by atoms with E-state index in [1.54, 1.807) is 12.1 Å². The highest BCUT2D eigenvalue weighted by atomic mass is 79.9. The van der Waals surface area contributed by atoms with Crippen LogP contribution < -0.4 is 5.32 Å². The van der Waals surface area contributed by atoms with E-state index in [0.29, 0.717) is 18.0 Å². The van der Waals surface area contributed by atoms with Gasteiger partial charge in [0.25, 0.3) is 5.69 Å². The molecule has 0 atom stereocenters. The summed E-state index contributed by atoms with van der Waals surface area (Å²) in [4.78, 5) is 10.3. The van der Waals surface area contributed by atoms with E-state index in [1.807, 2.05) is 12.1 Å². The van der Waals surface area contributed by atoms with Crippen molar-refractivity contribution in [3.05, 3.63) is 67.4 Å². The third-order valence-corrected chi connectivity index (χ3v) is 3.74. The summed E-state index contributed by atoms with van der Waals surface area (Å²) in [5.41, 5.74) is 1.05. The van der Waals surface area contributed by atoms with Crippen molar-refractivity contribution in [2.24, 2.45) is 0 Å². The molecule has 4 nitrogen and oxygen atoms in total. The highest BCUT2D eigenvalue weighted by Gasteiger charge is 2.17. The average molecular weight is 374 g/mol. The molecule has 110 valence electrons. The molecule has 2 rings (SSSR count). The molecule has 0 aliphatic heterocycles. The Morgan fingerprint density at radius 3 is 2.57 bits per heavy atom. The standard InChI is InChI=1S/C14H11BrClFN2O2/c15-11-7-13(14(19(20)21)8-12(11)17)18-6-5-9-1-3-10(16)4-2-9/h1-4,7-8,18H,5-6H2. The smallest absolute Gasteiger partial charge is 0.295 e. The van der Waals surface area contributed by atoms with Crippen molar-refractivity contribution in [2.45, 2.75) is 6.42 Å². The molecule has 0 radical (unpaired) electrons. The van der Waals surface area contributed by atoms with Crippen LogP contribution in [0.4, 0.5) is 15.8 Å². The van der Waals surface area contributed by atoms with Crippen LogP contribution in [0.5, 0.6) is 0 Å². The summed E-state index contributed by atoms with van der Waals surface area (Å²) in [6, 6.07) is 9.61. The third-order valence-electron chi connectivity index (χ3n) is 2.88. The number of nitrogens with zero attached hydrogens (tertiary/aromatic N) is 1. The van der Waals surface area contributed by atoms with Crippen molar-refractivity contribution < 1.29 is 9.31 Å². The molecule has 0 saturated carbocycles. The van der Waals surface area contributed by atoms with Crippen LogP contribution >= 0.6 is 27.5 Å². The second-order valence-electron chi connectivity index (χ2n) is 4.34. The van der Waals surface area contributed by atoms with E-state index in [1.165, 1.54) is 6.07 Å². The lowest BCUT2D eigenvalue weighted by atomic mass is 10.1. The van der Waals surface area contributed by atoms with Gasteiger partial charge in [0.2, 0.25) is 0 Å². The highest BCUT2D eigenvalue weighted by molar-refractivity contribution is 9.10. The number of hydrogen-bond acceptors (Lipinski definition) is 3. The normalized spacial score (nSPS) is 10.4. The van der Waals surface area contributed by atoms with Crippen LogP contribution in [0.15, 0.2) is 40.9 Å². The monoisotopic (exact) mass is 372 g/mol. The van der Waals surface area contributed by atoms with Gasteiger partial charge in [-0.3, -0.25) is 10.1 Å². The molecule has 0 bridgehead atoms. The number of hydrogen-bond donors (Lipinski definition) is 1. The first-order chi connectivity index (χ1) is 9.97. The van der Waals surface area contributed by atoms with E-state index >= 15 is 0 Å². The summed E-state index contributed by atoms with van der Waals surface area (Å²) in [6.07, 6.45) is 0.670. The van der Waals surface area contributed by atoms with Gasteiger partial charge in [-0.15, -0.1) is 0 Å². The number of halogens is 3. The van der Waals surface area contributed by atoms with Crippen LogP contribution in [-0.4, -0.2) is 11.5 Å². The van der Waals surface area contributed by atoms with E-state index in [4.69, 9.17) is 11.6 Å². The van der Waals surface area contributed by atoms with E-state index in [-0.39, 0.29) is 15.8 Å². The van der Waals surface area contributed by atoms with Crippen LogP contribution in [0.3, 0.4) is 0 Å². The van der Waals surface area contributed by atoms with Crippen molar-refractivity contribution in [3.8, 4) is 0 Å². The van der Waals surface area contributed by atoms with Crippen molar-refractivity contribution in [2.75, 3.05) is 11.9 Å². The largest absolute Gasteiger partial charge is 0.379 e. The molecule has 0 spiro atoms. The van der Waals surface area contributed by atoms with Crippen LogP contribution in [0.1, 0.15) is 5.56 Å². The molecular formula is C14H11BrClFN2O2. The van der Waals surface area contributed by atoms with E-state index in [9.17, 15) is 14.5 Å². The summed E-state index contributed by atoms with van der Waals surface area (Å²) < 4.78 is 13.5. The van der Waals surface area contributed by atoms with Crippen LogP contribution in [0.25, 0.3) is 0 Å². The van der Waals surface area contributed by atoms with Crippen molar-refractivity contribution in [3.63, 3.8) is 0 Å². The Morgan fingerprint density at radius 2 is 1.95 bits per heavy atom. The Labute approximate surface area is 134 Å². The zero-order chi connectivity index (χ0) is 15.4. The molecule has 1 N–H and O–H groups in total. The first-order valence-corrected chi connectivity index (χ1v) is 7.26. The van der Waals surface area contributed by atoms with E-state index in [0.717, 1.165) is 11.6 Å². The number of nitro groups is 1. The van der Waals surface area contributed by atoms with Crippen molar-refractivity contribution >= 4 is 38.9 Å². The van der Waals surface area contributed by atoms with Gasteiger partial charge in [-0.25, -0.2) is 4.39 Å². The van der Waals surface area contributed by atoms with Gasteiger partial charge in [0, 0.05) is 11.6 Å². The number of nitrogens with one attached hydrogen (secondary N) is 1. The molecule has 0 saturated heterocycles. The Balaban J connectivity index is 2.07. The molecule has 2 aromatic rings. The fourth-order valence-corrected chi connectivity index (χ4v) is 2.29. The maximum absolute atomic E-state index is 13.4. The molecule has 0 fully saturated rings. The van der Waals surface area contributed by atoms with Crippen molar-refractivity contribution in [1.82, 2.24) is 0 Å². The zero-order valence-corrected chi connectivity index (χ0v) is 13.1. The van der Waals surface area contributed by atoms with Gasteiger partial charge in [-0.1, -0.05) is 23.7 Å². The van der Waals surface area contributed by atoms with E-state index in [2.05, 4.69) is 21.2 Å². The number of nitro benzene ring substituents is 1. The fourth-order valence-electron chi connectivity index (χ4n) is 1.82. The third kappa shape index (κ3) is 4.15. The molecule has 0 aliphatic rings. The van der Waals surface area contributed by atoms with E-state index < -0.39 is 10.7 Å². The molecule has 2 aromatic carbocycles. The summed E-state index contributed by atoms with van der Waals surface area (Å²) in [6.45, 7) is 0.487. The van der Waals surface area contributed by atoms with Gasteiger partial charge in [-0.2, -0.15) is 0 Å². The Hall–Kier alpha value is -1.66. The highest BCUT2D eigenvalue weighted by Crippen LogP contribution is 2.30. The van der Waals surface area contributed by atoms with Crippen LogP contribution in [0.2, 0.25) is 5.02 Å². The fraction of sp³-hybridized carbons (Fsp3) is 0.143. The predicted octanol–water partition coefficient (Wildman–Crippen LogP) is 4.80. The summed E-state index contributed by atoms with van der Waals surface area (Å²) in [5.74, 6) is -0.662. The van der Waals surface area contributed by atoms with Gasteiger partial charge in [0.15, 0.2) is 0 Å². The van der Waals surface area contributed by atoms with Gasteiger partial charge in [0.1, 0.15) is 11.5 Å². The molecule has 21 heavy (non-hydrogen) atoms. The van der Waals surface area contributed by atoms with Gasteiger partial charge in [-0.05, 0) is 46.1 Å². The Bertz CT molecular complexity index is 665. The topological polar surface area (TPSA) is 55.2 Å². The number of anilines is 1. The summed E-state index contributed by atoms with van der Waals surface area (Å²) >= 11 is 8.82. The maximum atomic E-state index is 13.4.